The lowest BCUT2D eigenvalue weighted by molar-refractivity contribution is -0.384. The molecule has 0 unspecified atom stereocenters. The van der Waals surface area contributed by atoms with Crippen LogP contribution in [0.5, 0.6) is 0 Å². The summed E-state index contributed by atoms with van der Waals surface area (Å²) in [6, 6.07) is 5.92. The summed E-state index contributed by atoms with van der Waals surface area (Å²) in [4.78, 5) is 9.88. The quantitative estimate of drug-likeness (QED) is 0.331. The van der Waals surface area contributed by atoms with Crippen LogP contribution in [0.1, 0.15) is 12.5 Å². The van der Waals surface area contributed by atoms with E-state index in [1.54, 1.807) is 19.1 Å². The molecule has 6 heteroatoms. The average molecular weight is 198 g/mol. The Morgan fingerprint density at radius 2 is 2.21 bits per heavy atom. The minimum atomic E-state index is -0.492. The minimum Gasteiger partial charge on any atom is -0.412 e. The van der Waals surface area contributed by atoms with Gasteiger partial charge in [0.2, 0.25) is 0 Å². The van der Waals surface area contributed by atoms with Gasteiger partial charge in [-0.1, -0.05) is 17.3 Å². The molecule has 6 nitrogen and oxygen atoms in total. The van der Waals surface area contributed by atoms with E-state index < -0.39 is 4.92 Å². The Morgan fingerprint density at radius 1 is 1.57 bits per heavy atom. The number of oxime groups is 1. The number of rotatable bonds is 2. The van der Waals surface area contributed by atoms with Gasteiger partial charge in [-0.15, -0.1) is 0 Å². The van der Waals surface area contributed by atoms with Crippen molar-refractivity contribution in [1.29, 1.82) is 0 Å². The van der Waals surface area contributed by atoms with E-state index in [1.807, 2.05) is 0 Å². The summed E-state index contributed by atoms with van der Waals surface area (Å²) >= 11 is 0. The van der Waals surface area contributed by atoms with Gasteiger partial charge in [0.25, 0.3) is 5.69 Å². The topological polar surface area (TPSA) is 107 Å². The first-order chi connectivity index (χ1) is 6.15. The van der Waals surface area contributed by atoms with Gasteiger partial charge in [0.05, 0.1) is 10.6 Å². The Bertz CT molecular complexity index is 362. The Hall–Kier alpha value is -1.95. The van der Waals surface area contributed by atoms with Crippen LogP contribution in [0, 0.1) is 10.1 Å². The van der Waals surface area contributed by atoms with Crippen LogP contribution in [0.25, 0.3) is 0 Å². The zero-order chi connectivity index (χ0) is 9.84. The molecule has 0 atom stereocenters. The van der Waals surface area contributed by atoms with E-state index in [0.29, 0.717) is 11.3 Å². The van der Waals surface area contributed by atoms with E-state index >= 15 is 0 Å². The van der Waals surface area contributed by atoms with Gasteiger partial charge in [0.1, 0.15) is 0 Å². The maximum Gasteiger partial charge on any atom is 0.270 e. The summed E-state index contributed by atoms with van der Waals surface area (Å²) in [5, 5.41) is 21.8. The molecule has 0 heterocycles. The molecule has 0 spiro atoms. The van der Waals surface area contributed by atoms with Crippen LogP contribution in [-0.2, 0) is 0 Å². The molecule has 1 rings (SSSR count). The molecule has 1 aromatic rings. The van der Waals surface area contributed by atoms with Crippen molar-refractivity contribution in [3.63, 3.8) is 0 Å². The highest BCUT2D eigenvalue weighted by atomic mass is 16.6. The smallest absolute Gasteiger partial charge is 0.270 e. The van der Waals surface area contributed by atoms with Crippen LogP contribution in [0.3, 0.4) is 0 Å². The molecule has 0 aromatic heterocycles. The number of non-ortho nitro benzene ring substituents is 1. The predicted molar refractivity (Wildman–Crippen MR) is 50.7 cm³/mol. The molecule has 0 aliphatic carbocycles. The van der Waals surface area contributed by atoms with Gasteiger partial charge < -0.3 is 10.7 Å². The molecular weight excluding hydrogens is 188 g/mol. The molecule has 0 bridgehead atoms. The van der Waals surface area contributed by atoms with E-state index in [0.717, 1.165) is 0 Å². The summed E-state index contributed by atoms with van der Waals surface area (Å²) in [5.74, 6) is 0. The lowest BCUT2D eigenvalue weighted by Crippen LogP contribution is -1.96. The van der Waals surface area contributed by atoms with Crippen LogP contribution in [-0.4, -0.2) is 21.3 Å². The molecule has 0 aliphatic rings. The standard InChI is InChI=1S/C8H8N2O3.H2O/c1-6(9-11)7-3-2-4-8(5-7)10(12)13;/h2-5,11H,1H3;1H2/b9-6-;. The Balaban J connectivity index is 0.00000169. The summed E-state index contributed by atoms with van der Waals surface area (Å²) in [6.07, 6.45) is 0. The lowest BCUT2D eigenvalue weighted by Gasteiger charge is -1.97. The van der Waals surface area contributed by atoms with Gasteiger partial charge >= 0.3 is 0 Å². The number of hydrogen-bond acceptors (Lipinski definition) is 4. The summed E-state index contributed by atoms with van der Waals surface area (Å²) in [6.45, 7) is 1.57. The number of nitrogens with zero attached hydrogens (tertiary/aromatic N) is 2. The van der Waals surface area contributed by atoms with Crippen LogP contribution >= 0.6 is 0 Å². The molecule has 0 radical (unpaired) electrons. The van der Waals surface area contributed by atoms with Crippen molar-refractivity contribution in [3.8, 4) is 0 Å². The first-order valence-electron chi connectivity index (χ1n) is 3.58. The third-order valence-electron chi connectivity index (χ3n) is 1.62. The fourth-order valence-corrected chi connectivity index (χ4v) is 0.902. The van der Waals surface area contributed by atoms with Crippen LogP contribution < -0.4 is 0 Å². The third-order valence-corrected chi connectivity index (χ3v) is 1.62. The normalized spacial score (nSPS) is 10.5. The van der Waals surface area contributed by atoms with Crippen molar-refractivity contribution in [2.45, 2.75) is 6.92 Å². The van der Waals surface area contributed by atoms with Crippen molar-refractivity contribution < 1.29 is 15.6 Å². The van der Waals surface area contributed by atoms with Gasteiger partial charge in [-0.3, -0.25) is 10.1 Å². The van der Waals surface area contributed by atoms with Crippen LogP contribution in [0.4, 0.5) is 5.69 Å². The largest absolute Gasteiger partial charge is 0.412 e. The van der Waals surface area contributed by atoms with E-state index in [-0.39, 0.29) is 11.2 Å². The van der Waals surface area contributed by atoms with Crippen molar-refractivity contribution in [3.05, 3.63) is 39.9 Å². The van der Waals surface area contributed by atoms with E-state index in [1.165, 1.54) is 12.1 Å². The molecule has 0 aliphatic heterocycles. The average Bonchev–Trinajstić information content (AvgIpc) is 2.17. The second-order valence-corrected chi connectivity index (χ2v) is 2.49. The zero-order valence-electron chi connectivity index (χ0n) is 7.47. The summed E-state index contributed by atoms with van der Waals surface area (Å²) in [7, 11) is 0. The highest BCUT2D eigenvalue weighted by Gasteiger charge is 2.06. The molecule has 76 valence electrons. The minimum absolute atomic E-state index is 0. The SMILES string of the molecule is C/C(=N/O)c1cccc([N+](=O)[O-])c1.O. The van der Waals surface area contributed by atoms with Crippen molar-refractivity contribution in [2.24, 2.45) is 5.16 Å². The summed E-state index contributed by atoms with van der Waals surface area (Å²) < 4.78 is 0. The Kier molecular flexibility index (Phi) is 4.24. The van der Waals surface area contributed by atoms with Crippen LogP contribution in [0.15, 0.2) is 29.4 Å². The molecule has 0 fully saturated rings. The maximum atomic E-state index is 10.4. The monoisotopic (exact) mass is 198 g/mol. The fourth-order valence-electron chi connectivity index (χ4n) is 0.902. The van der Waals surface area contributed by atoms with Gasteiger partial charge in [-0.05, 0) is 6.92 Å². The fraction of sp³-hybridized carbons (Fsp3) is 0.125. The Labute approximate surface area is 79.9 Å². The second kappa shape index (κ2) is 4.93. The predicted octanol–water partition coefficient (Wildman–Crippen LogP) is 0.968. The number of hydrogen-bond donors (Lipinski definition) is 1. The molecule has 0 amide bonds. The molecule has 0 saturated heterocycles. The highest BCUT2D eigenvalue weighted by molar-refractivity contribution is 5.98. The van der Waals surface area contributed by atoms with E-state index in [2.05, 4.69) is 5.16 Å². The molecule has 0 saturated carbocycles. The highest BCUT2D eigenvalue weighted by Crippen LogP contribution is 2.13. The first kappa shape index (κ1) is 12.0. The summed E-state index contributed by atoms with van der Waals surface area (Å²) in [5.41, 5.74) is 0.876. The molecule has 3 N–H and O–H groups in total. The van der Waals surface area contributed by atoms with Gasteiger partial charge in [0, 0.05) is 17.7 Å². The number of nitro benzene ring substituents is 1. The molecular formula is C8H10N2O4. The second-order valence-electron chi connectivity index (χ2n) is 2.49. The van der Waals surface area contributed by atoms with Gasteiger partial charge in [0.15, 0.2) is 0 Å². The Morgan fingerprint density at radius 3 is 2.71 bits per heavy atom. The third kappa shape index (κ3) is 2.53. The van der Waals surface area contributed by atoms with E-state index in [4.69, 9.17) is 5.21 Å². The van der Waals surface area contributed by atoms with Crippen molar-refractivity contribution in [1.82, 2.24) is 0 Å². The first-order valence-corrected chi connectivity index (χ1v) is 3.58. The van der Waals surface area contributed by atoms with Gasteiger partial charge in [-0.2, -0.15) is 0 Å². The number of nitro groups is 1. The molecule has 1 aromatic carbocycles. The maximum absolute atomic E-state index is 10.4. The van der Waals surface area contributed by atoms with Crippen molar-refractivity contribution in [2.75, 3.05) is 0 Å². The lowest BCUT2D eigenvalue weighted by atomic mass is 10.1. The van der Waals surface area contributed by atoms with Crippen molar-refractivity contribution >= 4 is 11.4 Å². The van der Waals surface area contributed by atoms with E-state index in [9.17, 15) is 10.1 Å². The molecule has 14 heavy (non-hydrogen) atoms. The zero-order valence-corrected chi connectivity index (χ0v) is 7.47. The number of benzene rings is 1. The van der Waals surface area contributed by atoms with Gasteiger partial charge in [-0.25, -0.2) is 0 Å². The van der Waals surface area contributed by atoms with Crippen LogP contribution in [0.2, 0.25) is 0 Å².